The van der Waals surface area contributed by atoms with Crippen molar-refractivity contribution in [2.45, 2.75) is 45.7 Å². The molecule has 2 unspecified atom stereocenters. The number of methoxy groups -OCH3 is 1. The molecule has 0 fully saturated rings. The van der Waals surface area contributed by atoms with E-state index in [-0.39, 0.29) is 6.04 Å². The number of likely N-dealkylation sites (N-methyl/N-ethyl adjacent to an activating group) is 1. The first kappa shape index (κ1) is 18.0. The Morgan fingerprint density at radius 3 is 2.29 bits per heavy atom. The minimum Gasteiger partial charge on any atom is -0.496 e. The molecule has 0 heterocycles. The summed E-state index contributed by atoms with van der Waals surface area (Å²) in [6.45, 7) is 7.78. The van der Waals surface area contributed by atoms with E-state index in [1.54, 1.807) is 7.11 Å². The first-order chi connectivity index (χ1) is 10.0. The molecule has 0 spiro atoms. The highest BCUT2D eigenvalue weighted by molar-refractivity contribution is 5.35. The second-order valence-corrected chi connectivity index (χ2v) is 5.98. The summed E-state index contributed by atoms with van der Waals surface area (Å²) in [5.41, 5.74) is 1.22. The molecule has 0 radical (unpaired) electrons. The maximum absolute atomic E-state index is 5.46. The van der Waals surface area contributed by atoms with Crippen LogP contribution in [0.25, 0.3) is 0 Å². The van der Waals surface area contributed by atoms with Gasteiger partial charge >= 0.3 is 0 Å². The molecule has 0 saturated carbocycles. The van der Waals surface area contributed by atoms with E-state index in [9.17, 15) is 0 Å². The van der Waals surface area contributed by atoms with Gasteiger partial charge in [0, 0.05) is 24.2 Å². The van der Waals surface area contributed by atoms with Gasteiger partial charge in [-0.2, -0.15) is 0 Å². The lowest BCUT2D eigenvalue weighted by atomic mass is 9.93. The number of nitrogens with zero attached hydrogens (tertiary/aromatic N) is 1. The summed E-state index contributed by atoms with van der Waals surface area (Å²) in [4.78, 5) is 2.35. The first-order valence-electron chi connectivity index (χ1n) is 8.07. The number of hydrogen-bond acceptors (Lipinski definition) is 3. The Hall–Kier alpha value is -1.06. The smallest absolute Gasteiger partial charge is 0.123 e. The average molecular weight is 292 g/mol. The standard InChI is InChI=1S/C18H32N2O/c1-7-15(8-2)17(20(4)5)13-19-14(3)16-11-9-10-12-18(16)21-6/h9-12,14-15,17,19H,7-8,13H2,1-6H3. The molecule has 120 valence electrons. The average Bonchev–Trinajstić information content (AvgIpc) is 2.50. The van der Waals surface area contributed by atoms with Crippen LogP contribution in [-0.4, -0.2) is 38.7 Å². The van der Waals surface area contributed by atoms with E-state index in [2.05, 4.69) is 57.2 Å². The van der Waals surface area contributed by atoms with Crippen molar-refractivity contribution in [1.82, 2.24) is 10.2 Å². The zero-order valence-electron chi connectivity index (χ0n) is 14.5. The van der Waals surface area contributed by atoms with Gasteiger partial charge < -0.3 is 15.0 Å². The third-order valence-corrected chi connectivity index (χ3v) is 4.49. The van der Waals surface area contributed by atoms with Crippen LogP contribution < -0.4 is 10.1 Å². The molecule has 3 heteroatoms. The lowest BCUT2D eigenvalue weighted by Crippen LogP contribution is -2.43. The van der Waals surface area contributed by atoms with Crippen LogP contribution in [0.1, 0.15) is 45.2 Å². The highest BCUT2D eigenvalue weighted by atomic mass is 16.5. The molecule has 1 aromatic rings. The number of ether oxygens (including phenoxy) is 1. The molecule has 2 atom stereocenters. The monoisotopic (exact) mass is 292 g/mol. The maximum atomic E-state index is 5.46. The summed E-state index contributed by atoms with van der Waals surface area (Å²) in [5.74, 6) is 1.69. The number of benzene rings is 1. The van der Waals surface area contributed by atoms with Gasteiger partial charge in [0.2, 0.25) is 0 Å². The molecule has 0 aromatic heterocycles. The van der Waals surface area contributed by atoms with Crippen LogP contribution >= 0.6 is 0 Å². The van der Waals surface area contributed by atoms with Crippen LogP contribution in [0.4, 0.5) is 0 Å². The van der Waals surface area contributed by atoms with Crippen molar-refractivity contribution in [1.29, 1.82) is 0 Å². The van der Waals surface area contributed by atoms with Crippen molar-refractivity contribution >= 4 is 0 Å². The minimum absolute atomic E-state index is 0.290. The Morgan fingerprint density at radius 2 is 1.76 bits per heavy atom. The number of hydrogen-bond donors (Lipinski definition) is 1. The number of para-hydroxylation sites is 1. The lowest BCUT2D eigenvalue weighted by Gasteiger charge is -2.33. The molecule has 1 aromatic carbocycles. The molecular formula is C18H32N2O. The molecule has 3 nitrogen and oxygen atoms in total. The van der Waals surface area contributed by atoms with Crippen molar-refractivity contribution in [2.24, 2.45) is 5.92 Å². The highest BCUT2D eigenvalue weighted by Crippen LogP contribution is 2.25. The van der Waals surface area contributed by atoms with E-state index in [4.69, 9.17) is 4.74 Å². The van der Waals surface area contributed by atoms with Crippen molar-refractivity contribution in [3.63, 3.8) is 0 Å². The topological polar surface area (TPSA) is 24.5 Å². The van der Waals surface area contributed by atoms with E-state index in [0.29, 0.717) is 6.04 Å². The summed E-state index contributed by atoms with van der Waals surface area (Å²) in [7, 11) is 6.09. The predicted octanol–water partition coefficient (Wildman–Crippen LogP) is 3.71. The van der Waals surface area contributed by atoms with Crippen molar-refractivity contribution in [3.8, 4) is 5.75 Å². The number of nitrogens with one attached hydrogen (secondary N) is 1. The van der Waals surface area contributed by atoms with Gasteiger partial charge in [-0.05, 0) is 33.0 Å². The summed E-state index contributed by atoms with van der Waals surface area (Å²) in [5, 5.41) is 3.68. The molecule has 0 amide bonds. The molecular weight excluding hydrogens is 260 g/mol. The second-order valence-electron chi connectivity index (χ2n) is 5.98. The Bertz CT molecular complexity index is 402. The van der Waals surface area contributed by atoms with Crippen LogP contribution in [0.2, 0.25) is 0 Å². The third-order valence-electron chi connectivity index (χ3n) is 4.49. The van der Waals surface area contributed by atoms with Gasteiger partial charge in [-0.3, -0.25) is 0 Å². The third kappa shape index (κ3) is 5.01. The summed E-state index contributed by atoms with van der Waals surface area (Å²) in [6, 6.07) is 9.10. The molecule has 0 aliphatic heterocycles. The fourth-order valence-corrected chi connectivity index (χ4v) is 3.04. The van der Waals surface area contributed by atoms with Crippen molar-refractivity contribution in [3.05, 3.63) is 29.8 Å². The fourth-order valence-electron chi connectivity index (χ4n) is 3.04. The molecule has 0 bridgehead atoms. The highest BCUT2D eigenvalue weighted by Gasteiger charge is 2.21. The Balaban J connectivity index is 2.71. The second kappa shape index (κ2) is 9.06. The van der Waals surface area contributed by atoms with E-state index in [1.165, 1.54) is 18.4 Å². The van der Waals surface area contributed by atoms with E-state index < -0.39 is 0 Å². The summed E-state index contributed by atoms with van der Waals surface area (Å²) >= 11 is 0. The van der Waals surface area contributed by atoms with Crippen molar-refractivity contribution in [2.75, 3.05) is 27.7 Å². The van der Waals surface area contributed by atoms with Crippen LogP contribution in [0, 0.1) is 5.92 Å². The van der Waals surface area contributed by atoms with Gasteiger partial charge in [-0.15, -0.1) is 0 Å². The molecule has 1 N–H and O–H groups in total. The zero-order chi connectivity index (χ0) is 15.8. The molecule has 21 heavy (non-hydrogen) atoms. The number of rotatable bonds is 9. The van der Waals surface area contributed by atoms with Gasteiger partial charge in [0.05, 0.1) is 7.11 Å². The summed E-state index contributed by atoms with van der Waals surface area (Å²) in [6.07, 6.45) is 2.45. The SMILES string of the molecule is CCC(CC)C(CNC(C)c1ccccc1OC)N(C)C. The largest absolute Gasteiger partial charge is 0.496 e. The van der Waals surface area contributed by atoms with Gasteiger partial charge in [-0.25, -0.2) is 0 Å². The van der Waals surface area contributed by atoms with Crippen LogP contribution in [-0.2, 0) is 0 Å². The minimum atomic E-state index is 0.290. The van der Waals surface area contributed by atoms with E-state index in [0.717, 1.165) is 18.2 Å². The Kier molecular flexibility index (Phi) is 7.76. The Labute approximate surface area is 130 Å². The van der Waals surface area contributed by atoms with Gasteiger partial charge in [0.1, 0.15) is 5.75 Å². The molecule has 0 saturated heterocycles. The van der Waals surface area contributed by atoms with Crippen LogP contribution in [0.3, 0.4) is 0 Å². The Morgan fingerprint density at radius 1 is 1.14 bits per heavy atom. The van der Waals surface area contributed by atoms with Crippen LogP contribution in [0.15, 0.2) is 24.3 Å². The normalized spacial score (nSPS) is 14.5. The fraction of sp³-hybridized carbons (Fsp3) is 0.667. The van der Waals surface area contributed by atoms with Gasteiger partial charge in [-0.1, -0.05) is 44.9 Å². The first-order valence-corrected chi connectivity index (χ1v) is 8.07. The van der Waals surface area contributed by atoms with Crippen molar-refractivity contribution < 1.29 is 4.74 Å². The lowest BCUT2D eigenvalue weighted by molar-refractivity contribution is 0.190. The maximum Gasteiger partial charge on any atom is 0.123 e. The van der Waals surface area contributed by atoms with Gasteiger partial charge in [0.25, 0.3) is 0 Å². The van der Waals surface area contributed by atoms with E-state index in [1.807, 2.05) is 12.1 Å². The zero-order valence-corrected chi connectivity index (χ0v) is 14.5. The van der Waals surface area contributed by atoms with Crippen LogP contribution in [0.5, 0.6) is 5.75 Å². The quantitative estimate of drug-likeness (QED) is 0.751. The molecule has 0 aliphatic carbocycles. The van der Waals surface area contributed by atoms with E-state index >= 15 is 0 Å². The predicted molar refractivity (Wildman–Crippen MR) is 91.0 cm³/mol. The molecule has 0 aliphatic rings. The summed E-state index contributed by atoms with van der Waals surface area (Å²) < 4.78 is 5.46. The van der Waals surface area contributed by atoms with Gasteiger partial charge in [0.15, 0.2) is 0 Å². The molecule has 1 rings (SSSR count).